The number of rotatable bonds is 3. The van der Waals surface area contributed by atoms with E-state index in [9.17, 15) is 4.79 Å². The van der Waals surface area contributed by atoms with Gasteiger partial charge < -0.3 is 0 Å². The standard InChI is InChI=1S/C16H22N2O/c1-13(16(19)14-7-3-2-4-8-14)18-12-6-11-17-10-5-9-15(17)18/h2-4,7-8,13,15H,5-6,9-12H2,1H3. The summed E-state index contributed by atoms with van der Waals surface area (Å²) in [6.07, 6.45) is 4.17. The Kier molecular flexibility index (Phi) is 3.67. The molecule has 102 valence electrons. The predicted molar refractivity (Wildman–Crippen MR) is 76.2 cm³/mol. The van der Waals surface area contributed by atoms with Crippen LogP contribution in [0, 0.1) is 0 Å². The second-order valence-electron chi connectivity index (χ2n) is 5.66. The van der Waals surface area contributed by atoms with Crippen LogP contribution in [-0.2, 0) is 0 Å². The lowest BCUT2D eigenvalue weighted by molar-refractivity contribution is 0.0100. The minimum Gasteiger partial charge on any atom is -0.292 e. The van der Waals surface area contributed by atoms with Gasteiger partial charge in [-0.25, -0.2) is 0 Å². The van der Waals surface area contributed by atoms with Crippen LogP contribution in [0.1, 0.15) is 36.5 Å². The van der Waals surface area contributed by atoms with Crippen LogP contribution in [0.5, 0.6) is 0 Å². The molecule has 2 saturated heterocycles. The van der Waals surface area contributed by atoms with Crippen molar-refractivity contribution < 1.29 is 4.79 Å². The van der Waals surface area contributed by atoms with Gasteiger partial charge in [0.25, 0.3) is 0 Å². The quantitative estimate of drug-likeness (QED) is 0.778. The van der Waals surface area contributed by atoms with E-state index < -0.39 is 0 Å². The molecule has 2 aliphatic heterocycles. The van der Waals surface area contributed by atoms with Gasteiger partial charge in [0.05, 0.1) is 12.2 Å². The number of hydrogen-bond acceptors (Lipinski definition) is 3. The summed E-state index contributed by atoms with van der Waals surface area (Å²) in [4.78, 5) is 17.5. The molecule has 2 fully saturated rings. The lowest BCUT2D eigenvalue weighted by Gasteiger charge is -2.42. The first-order valence-electron chi connectivity index (χ1n) is 7.36. The van der Waals surface area contributed by atoms with E-state index in [2.05, 4.69) is 16.7 Å². The Hall–Kier alpha value is -1.19. The van der Waals surface area contributed by atoms with Gasteiger partial charge in [0.15, 0.2) is 5.78 Å². The lowest BCUT2D eigenvalue weighted by Crippen LogP contribution is -2.55. The molecule has 2 unspecified atom stereocenters. The van der Waals surface area contributed by atoms with Crippen LogP contribution in [0.2, 0.25) is 0 Å². The smallest absolute Gasteiger partial charge is 0.179 e. The van der Waals surface area contributed by atoms with Crippen molar-refractivity contribution in [3.05, 3.63) is 35.9 Å². The number of carbonyl (C=O) groups is 1. The highest BCUT2D eigenvalue weighted by atomic mass is 16.1. The van der Waals surface area contributed by atoms with Crippen molar-refractivity contribution in [1.82, 2.24) is 9.80 Å². The van der Waals surface area contributed by atoms with Crippen LogP contribution in [0.15, 0.2) is 30.3 Å². The third kappa shape index (κ3) is 2.45. The first-order chi connectivity index (χ1) is 9.27. The topological polar surface area (TPSA) is 23.6 Å². The van der Waals surface area contributed by atoms with Crippen LogP contribution in [-0.4, -0.2) is 47.4 Å². The van der Waals surface area contributed by atoms with E-state index in [0.29, 0.717) is 6.17 Å². The molecule has 0 N–H and O–H groups in total. The van der Waals surface area contributed by atoms with Gasteiger partial charge in [0, 0.05) is 18.7 Å². The highest BCUT2D eigenvalue weighted by Gasteiger charge is 2.37. The summed E-state index contributed by atoms with van der Waals surface area (Å²) in [6.45, 7) is 5.53. The zero-order chi connectivity index (χ0) is 13.2. The summed E-state index contributed by atoms with van der Waals surface area (Å²) in [5, 5.41) is 0. The zero-order valence-electron chi connectivity index (χ0n) is 11.6. The molecule has 2 heterocycles. The van der Waals surface area contributed by atoms with Gasteiger partial charge in [-0.1, -0.05) is 30.3 Å². The molecule has 0 saturated carbocycles. The minimum absolute atomic E-state index is 0.00620. The molecule has 0 radical (unpaired) electrons. The molecular weight excluding hydrogens is 236 g/mol. The molecule has 3 heteroatoms. The highest BCUT2D eigenvalue weighted by molar-refractivity contribution is 5.99. The van der Waals surface area contributed by atoms with Crippen molar-refractivity contribution in [3.8, 4) is 0 Å². The Bertz CT molecular complexity index is 445. The van der Waals surface area contributed by atoms with Gasteiger partial charge in [-0.05, 0) is 32.7 Å². The van der Waals surface area contributed by atoms with Crippen LogP contribution in [0.3, 0.4) is 0 Å². The monoisotopic (exact) mass is 258 g/mol. The molecule has 2 atom stereocenters. The number of Topliss-reactive ketones (excluding diaryl/α,β-unsaturated/α-hetero) is 1. The molecular formula is C16H22N2O. The normalized spacial score (nSPS) is 26.1. The Balaban J connectivity index is 1.76. The fourth-order valence-corrected chi connectivity index (χ4v) is 3.50. The Morgan fingerprint density at radius 3 is 2.68 bits per heavy atom. The van der Waals surface area contributed by atoms with Gasteiger partial charge in [-0.3, -0.25) is 14.6 Å². The number of benzene rings is 1. The number of nitrogens with zero attached hydrogens (tertiary/aromatic N) is 2. The second-order valence-corrected chi connectivity index (χ2v) is 5.66. The van der Waals surface area contributed by atoms with Gasteiger partial charge in [-0.2, -0.15) is 0 Å². The van der Waals surface area contributed by atoms with E-state index in [4.69, 9.17) is 0 Å². The third-order valence-corrected chi connectivity index (χ3v) is 4.51. The first kappa shape index (κ1) is 12.8. The predicted octanol–water partition coefficient (Wildman–Crippen LogP) is 2.39. The summed E-state index contributed by atoms with van der Waals surface area (Å²) in [5.41, 5.74) is 0.838. The van der Waals surface area contributed by atoms with E-state index in [0.717, 1.165) is 12.1 Å². The molecule has 0 aromatic heterocycles. The van der Waals surface area contributed by atoms with Gasteiger partial charge in [0.1, 0.15) is 0 Å². The number of fused-ring (bicyclic) bond motifs is 1. The maximum atomic E-state index is 12.6. The van der Waals surface area contributed by atoms with E-state index >= 15 is 0 Å². The number of ketones is 1. The first-order valence-corrected chi connectivity index (χ1v) is 7.36. The third-order valence-electron chi connectivity index (χ3n) is 4.51. The van der Waals surface area contributed by atoms with E-state index in [1.165, 1.54) is 32.4 Å². The number of hydrogen-bond donors (Lipinski definition) is 0. The van der Waals surface area contributed by atoms with Crippen LogP contribution in [0.4, 0.5) is 0 Å². The van der Waals surface area contributed by atoms with Crippen LogP contribution in [0.25, 0.3) is 0 Å². The summed E-state index contributed by atoms with van der Waals surface area (Å²) < 4.78 is 0. The molecule has 0 bridgehead atoms. The molecule has 3 rings (SSSR count). The molecule has 1 aromatic carbocycles. The molecule has 0 aliphatic carbocycles. The van der Waals surface area contributed by atoms with Gasteiger partial charge >= 0.3 is 0 Å². The summed E-state index contributed by atoms with van der Waals surface area (Å²) in [5.74, 6) is 0.259. The maximum absolute atomic E-state index is 12.6. The molecule has 1 aromatic rings. The maximum Gasteiger partial charge on any atom is 0.179 e. The SMILES string of the molecule is CC(C(=O)c1ccccc1)N1CCCN2CCCC21. The second kappa shape index (κ2) is 5.43. The molecule has 2 aliphatic rings. The largest absolute Gasteiger partial charge is 0.292 e. The van der Waals surface area contributed by atoms with Gasteiger partial charge in [-0.15, -0.1) is 0 Å². The highest BCUT2D eigenvalue weighted by Crippen LogP contribution is 2.27. The van der Waals surface area contributed by atoms with Crippen molar-refractivity contribution in [2.45, 2.75) is 38.4 Å². The van der Waals surface area contributed by atoms with Crippen molar-refractivity contribution >= 4 is 5.78 Å². The summed E-state index contributed by atoms with van der Waals surface area (Å²) in [7, 11) is 0. The van der Waals surface area contributed by atoms with Crippen LogP contribution < -0.4 is 0 Å². The summed E-state index contributed by atoms with van der Waals surface area (Å²) in [6, 6.07) is 9.69. The van der Waals surface area contributed by atoms with Crippen molar-refractivity contribution in [2.75, 3.05) is 19.6 Å². The minimum atomic E-state index is -0.00620. The Labute approximate surface area is 115 Å². The van der Waals surface area contributed by atoms with Crippen molar-refractivity contribution in [3.63, 3.8) is 0 Å². The molecule has 3 nitrogen and oxygen atoms in total. The average molecular weight is 258 g/mol. The van der Waals surface area contributed by atoms with Gasteiger partial charge in [0.2, 0.25) is 0 Å². The molecule has 0 spiro atoms. The molecule has 19 heavy (non-hydrogen) atoms. The Morgan fingerprint density at radius 1 is 1.16 bits per heavy atom. The lowest BCUT2D eigenvalue weighted by atomic mass is 10.0. The fraction of sp³-hybridized carbons (Fsp3) is 0.562. The van der Waals surface area contributed by atoms with Crippen molar-refractivity contribution in [2.24, 2.45) is 0 Å². The Morgan fingerprint density at radius 2 is 1.89 bits per heavy atom. The number of carbonyl (C=O) groups excluding carboxylic acids is 1. The molecule has 0 amide bonds. The van der Waals surface area contributed by atoms with Crippen LogP contribution >= 0.6 is 0 Å². The van der Waals surface area contributed by atoms with Crippen molar-refractivity contribution in [1.29, 1.82) is 0 Å². The fourth-order valence-electron chi connectivity index (χ4n) is 3.50. The summed E-state index contributed by atoms with van der Waals surface area (Å²) >= 11 is 0. The average Bonchev–Trinajstić information content (AvgIpc) is 2.95. The van der Waals surface area contributed by atoms with E-state index in [-0.39, 0.29) is 11.8 Å². The zero-order valence-corrected chi connectivity index (χ0v) is 11.6. The van der Waals surface area contributed by atoms with E-state index in [1.807, 2.05) is 30.3 Å². The van der Waals surface area contributed by atoms with E-state index in [1.54, 1.807) is 0 Å².